The molecule has 0 bridgehead atoms. The maximum absolute atomic E-state index is 6.42. The molecule has 2 aliphatic carbocycles. The summed E-state index contributed by atoms with van der Waals surface area (Å²) in [5.74, 6) is 0.508. The number of nitrogens with zero attached hydrogens (tertiary/aromatic N) is 1. The molecule has 5 rings (SSSR count). The van der Waals surface area contributed by atoms with Gasteiger partial charge in [0.25, 0.3) is 0 Å². The van der Waals surface area contributed by atoms with Crippen molar-refractivity contribution in [1.29, 1.82) is 0 Å². The molecule has 4 heteroatoms. The van der Waals surface area contributed by atoms with Crippen LogP contribution < -0.4 is 5.32 Å². The van der Waals surface area contributed by atoms with Crippen LogP contribution in [0.15, 0.2) is 48.7 Å². The summed E-state index contributed by atoms with van der Waals surface area (Å²) in [6, 6.07) is 15.8. The summed E-state index contributed by atoms with van der Waals surface area (Å²) in [4.78, 5) is 4.86. The summed E-state index contributed by atoms with van der Waals surface area (Å²) in [6.45, 7) is 2.61. The second kappa shape index (κ2) is 9.01. The van der Waals surface area contributed by atoms with Crippen molar-refractivity contribution in [3.63, 3.8) is 0 Å². The predicted octanol–water partition coefficient (Wildman–Crippen LogP) is 5.30. The first-order valence-corrected chi connectivity index (χ1v) is 12.1. The normalized spacial score (nSPS) is 29.7. The lowest BCUT2D eigenvalue weighted by atomic mass is 9.69. The number of hydrogen-bond donors (Lipinski definition) is 1. The molecule has 166 valence electrons. The third-order valence-corrected chi connectivity index (χ3v) is 8.04. The standard InChI is InChI=1S/C27H36N2O2/c1-30-18-21-11-12-24(23-9-3-2-8-22(21)23)29-20-26(25-10-4-7-16-28-25)15-17-31-27(19-26)13-5-6-14-27/h2-4,7-10,16,21,24,29H,5-6,11-15,17-20H2,1H3/t21?,24-,26?/m0/s1. The molecule has 1 spiro atoms. The van der Waals surface area contributed by atoms with Crippen molar-refractivity contribution >= 4 is 0 Å². The molecule has 2 aromatic rings. The van der Waals surface area contributed by atoms with Crippen molar-refractivity contribution in [3.05, 3.63) is 65.5 Å². The number of aromatic nitrogens is 1. The Morgan fingerprint density at radius 3 is 2.61 bits per heavy atom. The van der Waals surface area contributed by atoms with Crippen LogP contribution in [0.25, 0.3) is 0 Å². The number of rotatable bonds is 6. The van der Waals surface area contributed by atoms with Crippen LogP contribution in [0.3, 0.4) is 0 Å². The van der Waals surface area contributed by atoms with Crippen molar-refractivity contribution in [2.24, 2.45) is 0 Å². The van der Waals surface area contributed by atoms with Gasteiger partial charge in [0.2, 0.25) is 0 Å². The fourth-order valence-corrected chi connectivity index (χ4v) is 6.48. The molecule has 1 aromatic carbocycles. The monoisotopic (exact) mass is 420 g/mol. The Bertz CT molecular complexity index is 865. The van der Waals surface area contributed by atoms with Gasteiger partial charge in [-0.05, 0) is 61.8 Å². The van der Waals surface area contributed by atoms with Crippen molar-refractivity contribution in [1.82, 2.24) is 10.3 Å². The zero-order valence-corrected chi connectivity index (χ0v) is 18.8. The number of benzene rings is 1. The van der Waals surface area contributed by atoms with Gasteiger partial charge in [0.05, 0.1) is 12.2 Å². The molecule has 1 aliphatic heterocycles. The van der Waals surface area contributed by atoms with Crippen LogP contribution in [0.4, 0.5) is 0 Å². The van der Waals surface area contributed by atoms with Gasteiger partial charge in [0.1, 0.15) is 0 Å². The number of pyridine rings is 1. The fraction of sp³-hybridized carbons (Fsp3) is 0.593. The molecular weight excluding hydrogens is 384 g/mol. The summed E-state index contributed by atoms with van der Waals surface area (Å²) in [5, 5.41) is 4.02. The number of ether oxygens (including phenoxy) is 2. The highest BCUT2D eigenvalue weighted by molar-refractivity contribution is 5.36. The second-order valence-electron chi connectivity index (χ2n) is 9.95. The van der Waals surface area contributed by atoms with E-state index in [0.29, 0.717) is 12.0 Å². The Balaban J connectivity index is 1.40. The van der Waals surface area contributed by atoms with E-state index >= 15 is 0 Å². The average Bonchev–Trinajstić information content (AvgIpc) is 3.26. The third-order valence-electron chi connectivity index (χ3n) is 8.04. The van der Waals surface area contributed by atoms with Gasteiger partial charge in [-0.15, -0.1) is 0 Å². The van der Waals surface area contributed by atoms with E-state index in [1.54, 1.807) is 0 Å². The highest BCUT2D eigenvalue weighted by atomic mass is 16.5. The van der Waals surface area contributed by atoms with Crippen LogP contribution in [-0.2, 0) is 14.9 Å². The molecule has 1 saturated heterocycles. The highest BCUT2D eigenvalue weighted by Gasteiger charge is 2.48. The van der Waals surface area contributed by atoms with Crippen LogP contribution in [0.1, 0.15) is 80.1 Å². The number of fused-ring (bicyclic) bond motifs is 1. The largest absolute Gasteiger partial charge is 0.384 e. The molecule has 2 fully saturated rings. The molecule has 2 unspecified atom stereocenters. The average molecular weight is 421 g/mol. The van der Waals surface area contributed by atoms with Gasteiger partial charge in [-0.3, -0.25) is 4.98 Å². The first kappa shape index (κ1) is 21.1. The third kappa shape index (κ3) is 4.18. The lowest BCUT2D eigenvalue weighted by Crippen LogP contribution is -2.51. The van der Waals surface area contributed by atoms with Gasteiger partial charge in [0, 0.05) is 49.5 Å². The summed E-state index contributed by atoms with van der Waals surface area (Å²) < 4.78 is 11.9. The van der Waals surface area contributed by atoms with E-state index in [9.17, 15) is 0 Å². The topological polar surface area (TPSA) is 43.4 Å². The van der Waals surface area contributed by atoms with Crippen LogP contribution >= 0.6 is 0 Å². The lowest BCUT2D eigenvalue weighted by Gasteiger charge is -2.47. The fourth-order valence-electron chi connectivity index (χ4n) is 6.48. The maximum Gasteiger partial charge on any atom is 0.0692 e. The molecule has 3 atom stereocenters. The van der Waals surface area contributed by atoms with Gasteiger partial charge in [-0.1, -0.05) is 43.2 Å². The molecule has 3 aliphatic rings. The number of nitrogens with one attached hydrogen (secondary N) is 1. The Morgan fingerprint density at radius 1 is 1.03 bits per heavy atom. The van der Waals surface area contributed by atoms with Crippen LogP contribution in [-0.4, -0.2) is 37.5 Å². The van der Waals surface area contributed by atoms with Crippen molar-refractivity contribution in [2.75, 3.05) is 26.9 Å². The zero-order valence-electron chi connectivity index (χ0n) is 18.8. The first-order valence-electron chi connectivity index (χ1n) is 12.1. The van der Waals surface area contributed by atoms with E-state index in [2.05, 4.69) is 41.7 Å². The van der Waals surface area contributed by atoms with Crippen LogP contribution in [0.2, 0.25) is 0 Å². The SMILES string of the molecule is COCC1CC[C@H](NCC2(c3ccccn3)CCOC3(CCCC3)C2)c2ccccc21. The van der Waals surface area contributed by atoms with E-state index in [0.717, 1.165) is 39.0 Å². The molecule has 0 radical (unpaired) electrons. The molecule has 4 nitrogen and oxygen atoms in total. The number of hydrogen-bond acceptors (Lipinski definition) is 4. The predicted molar refractivity (Wildman–Crippen MR) is 123 cm³/mol. The van der Waals surface area contributed by atoms with Crippen LogP contribution in [0.5, 0.6) is 0 Å². The van der Waals surface area contributed by atoms with E-state index in [-0.39, 0.29) is 11.0 Å². The van der Waals surface area contributed by atoms with E-state index in [1.807, 2.05) is 19.4 Å². The molecule has 1 saturated carbocycles. The second-order valence-corrected chi connectivity index (χ2v) is 9.95. The summed E-state index contributed by atoms with van der Waals surface area (Å²) in [6.07, 6.45) is 11.4. The summed E-state index contributed by atoms with van der Waals surface area (Å²) >= 11 is 0. The first-order chi connectivity index (χ1) is 15.2. The summed E-state index contributed by atoms with van der Waals surface area (Å²) in [5.41, 5.74) is 4.25. The van der Waals surface area contributed by atoms with Crippen molar-refractivity contribution in [2.45, 2.75) is 74.3 Å². The minimum atomic E-state index is 0.0438. The van der Waals surface area contributed by atoms with Crippen LogP contribution in [0, 0.1) is 0 Å². The molecule has 2 heterocycles. The molecule has 31 heavy (non-hydrogen) atoms. The van der Waals surface area contributed by atoms with E-state index < -0.39 is 0 Å². The quantitative estimate of drug-likeness (QED) is 0.689. The molecule has 1 N–H and O–H groups in total. The Hall–Kier alpha value is -1.75. The van der Waals surface area contributed by atoms with Crippen molar-refractivity contribution < 1.29 is 9.47 Å². The molecule has 1 aromatic heterocycles. The maximum atomic E-state index is 6.42. The van der Waals surface area contributed by atoms with Crippen molar-refractivity contribution in [3.8, 4) is 0 Å². The summed E-state index contributed by atoms with van der Waals surface area (Å²) in [7, 11) is 1.81. The van der Waals surface area contributed by atoms with Gasteiger partial charge in [-0.25, -0.2) is 0 Å². The highest BCUT2D eigenvalue weighted by Crippen LogP contribution is 2.48. The Labute approximate surface area is 186 Å². The molecular formula is C27H36N2O2. The van der Waals surface area contributed by atoms with Gasteiger partial charge < -0.3 is 14.8 Å². The van der Waals surface area contributed by atoms with Gasteiger partial charge >= 0.3 is 0 Å². The zero-order chi connectivity index (χ0) is 21.2. The van der Waals surface area contributed by atoms with E-state index in [1.165, 1.54) is 48.9 Å². The smallest absolute Gasteiger partial charge is 0.0692 e. The van der Waals surface area contributed by atoms with Gasteiger partial charge in [0.15, 0.2) is 0 Å². The number of methoxy groups -OCH3 is 1. The Morgan fingerprint density at radius 2 is 1.84 bits per heavy atom. The lowest BCUT2D eigenvalue weighted by molar-refractivity contribution is -0.103. The van der Waals surface area contributed by atoms with E-state index in [4.69, 9.17) is 14.5 Å². The van der Waals surface area contributed by atoms with Gasteiger partial charge in [-0.2, -0.15) is 0 Å². The Kier molecular flexibility index (Phi) is 6.14. The molecule has 0 amide bonds. The minimum Gasteiger partial charge on any atom is -0.384 e. The minimum absolute atomic E-state index is 0.0438.